The second-order valence-corrected chi connectivity index (χ2v) is 6.67. The molecule has 7 nitrogen and oxygen atoms in total. The maximum Gasteiger partial charge on any atom is 0.226 e. The number of hydrogen-bond acceptors (Lipinski definition) is 6. The minimum atomic E-state index is -0.282. The Balaban J connectivity index is 1.64. The zero-order chi connectivity index (χ0) is 17.7. The molecule has 1 aliphatic carbocycles. The molecule has 1 N–H and O–H groups in total. The van der Waals surface area contributed by atoms with Crippen molar-refractivity contribution < 1.29 is 9.21 Å². The van der Waals surface area contributed by atoms with E-state index in [1.54, 1.807) is 23.3 Å². The molecule has 3 aromatic heterocycles. The molecule has 2 unspecified atom stereocenters. The quantitative estimate of drug-likeness (QED) is 0.767. The number of aromatic nitrogens is 4. The lowest BCUT2D eigenvalue weighted by Gasteiger charge is -2.34. The van der Waals surface area contributed by atoms with Gasteiger partial charge in [0.2, 0.25) is 5.95 Å². The topological polar surface area (TPSA) is 85.8 Å². The molecule has 2 atom stereocenters. The number of Topliss-reactive ketones (excluding diaryl/α,β-unsaturated/α-hetero) is 1. The molecule has 26 heavy (non-hydrogen) atoms. The number of nitrogens with zero attached hydrogens (tertiary/aromatic N) is 4. The highest BCUT2D eigenvalue weighted by atomic mass is 16.3. The molecule has 130 valence electrons. The Morgan fingerprint density at radius 3 is 2.85 bits per heavy atom. The van der Waals surface area contributed by atoms with Gasteiger partial charge in [0.1, 0.15) is 17.6 Å². The van der Waals surface area contributed by atoms with Crippen molar-refractivity contribution in [1.82, 2.24) is 19.7 Å². The van der Waals surface area contributed by atoms with Crippen molar-refractivity contribution in [2.45, 2.75) is 31.7 Å². The average molecular weight is 347 g/mol. The van der Waals surface area contributed by atoms with Gasteiger partial charge in [-0.1, -0.05) is 0 Å². The largest absolute Gasteiger partial charge is 0.469 e. The van der Waals surface area contributed by atoms with Gasteiger partial charge in [-0.05, 0) is 43.2 Å². The lowest BCUT2D eigenvalue weighted by atomic mass is 9.80. The molecule has 0 aromatic carbocycles. The highest BCUT2D eigenvalue weighted by molar-refractivity contribution is 6.00. The van der Waals surface area contributed by atoms with Gasteiger partial charge < -0.3 is 9.73 Å². The molecular weight excluding hydrogens is 330 g/mol. The van der Waals surface area contributed by atoms with Crippen molar-refractivity contribution in [2.75, 3.05) is 5.32 Å². The molecule has 0 fully saturated rings. The van der Waals surface area contributed by atoms with Crippen LogP contribution in [0.3, 0.4) is 0 Å². The van der Waals surface area contributed by atoms with Crippen molar-refractivity contribution in [1.29, 1.82) is 0 Å². The Labute approximate surface area is 149 Å². The number of anilines is 1. The third kappa shape index (κ3) is 2.28. The van der Waals surface area contributed by atoms with Crippen LogP contribution in [0.25, 0.3) is 0 Å². The average Bonchev–Trinajstić information content (AvgIpc) is 3.29. The number of hydrogen-bond donors (Lipinski definition) is 1. The molecule has 0 bridgehead atoms. The van der Waals surface area contributed by atoms with Crippen LogP contribution >= 0.6 is 0 Å². The fraction of sp³-hybridized carbons (Fsp3) is 0.263. The van der Waals surface area contributed by atoms with Crippen molar-refractivity contribution in [3.8, 4) is 0 Å². The van der Waals surface area contributed by atoms with Crippen LogP contribution in [0, 0.1) is 6.92 Å². The van der Waals surface area contributed by atoms with Crippen molar-refractivity contribution in [3.63, 3.8) is 0 Å². The van der Waals surface area contributed by atoms with Gasteiger partial charge in [-0.25, -0.2) is 4.68 Å². The van der Waals surface area contributed by atoms with Gasteiger partial charge >= 0.3 is 0 Å². The highest BCUT2D eigenvalue weighted by Gasteiger charge is 2.40. The van der Waals surface area contributed by atoms with E-state index in [0.717, 1.165) is 22.6 Å². The first-order chi connectivity index (χ1) is 12.7. The standard InChI is InChI=1S/C19H17N5O2/c1-11-21-19-22-14-9-13(16-3-2-8-26-16)10-15(25)17(14)18(24(19)23-11)12-4-6-20-7-5-12/h2-8,13,18H,9-10H2,1H3,(H,21,22,23). The molecular formula is C19H17N5O2. The van der Waals surface area contributed by atoms with Gasteiger partial charge in [0.05, 0.1) is 6.26 Å². The molecule has 2 aliphatic rings. The summed E-state index contributed by atoms with van der Waals surface area (Å²) in [7, 11) is 0. The molecule has 5 rings (SSSR count). The zero-order valence-electron chi connectivity index (χ0n) is 14.2. The first-order valence-corrected chi connectivity index (χ1v) is 8.60. The number of fused-ring (bicyclic) bond motifs is 1. The molecule has 4 heterocycles. The Morgan fingerprint density at radius 1 is 1.23 bits per heavy atom. The zero-order valence-corrected chi connectivity index (χ0v) is 14.2. The minimum absolute atomic E-state index is 0.0393. The lowest BCUT2D eigenvalue weighted by molar-refractivity contribution is -0.117. The summed E-state index contributed by atoms with van der Waals surface area (Å²) in [6, 6.07) is 7.35. The van der Waals surface area contributed by atoms with Crippen LogP contribution in [0.2, 0.25) is 0 Å². The monoisotopic (exact) mass is 347 g/mol. The second-order valence-electron chi connectivity index (χ2n) is 6.67. The van der Waals surface area contributed by atoms with E-state index in [2.05, 4.69) is 20.4 Å². The minimum Gasteiger partial charge on any atom is -0.469 e. The molecule has 0 radical (unpaired) electrons. The predicted octanol–water partition coefficient (Wildman–Crippen LogP) is 2.99. The fourth-order valence-electron chi connectivity index (χ4n) is 3.90. The number of allylic oxidation sites excluding steroid dienone is 2. The van der Waals surface area contributed by atoms with E-state index < -0.39 is 0 Å². The summed E-state index contributed by atoms with van der Waals surface area (Å²) in [5.41, 5.74) is 2.64. The molecule has 1 aliphatic heterocycles. The summed E-state index contributed by atoms with van der Waals surface area (Å²) in [6.45, 7) is 1.85. The molecule has 3 aromatic rings. The van der Waals surface area contributed by atoms with Crippen LogP contribution in [-0.2, 0) is 4.79 Å². The highest BCUT2D eigenvalue weighted by Crippen LogP contribution is 2.43. The number of nitrogens with one attached hydrogen (secondary N) is 1. The first kappa shape index (κ1) is 15.1. The first-order valence-electron chi connectivity index (χ1n) is 8.60. The molecule has 7 heteroatoms. The molecule has 0 saturated carbocycles. The van der Waals surface area contributed by atoms with Gasteiger partial charge in [0.15, 0.2) is 5.78 Å². The van der Waals surface area contributed by atoms with Crippen LogP contribution in [-0.4, -0.2) is 25.5 Å². The Bertz CT molecular complexity index is 1000. The molecule has 0 amide bonds. The number of ketones is 1. The van der Waals surface area contributed by atoms with Gasteiger partial charge in [0.25, 0.3) is 0 Å². The summed E-state index contributed by atoms with van der Waals surface area (Å²) < 4.78 is 7.34. The predicted molar refractivity (Wildman–Crippen MR) is 93.5 cm³/mol. The Kier molecular flexibility index (Phi) is 3.28. The van der Waals surface area contributed by atoms with E-state index in [1.807, 2.05) is 31.2 Å². The van der Waals surface area contributed by atoms with Crippen LogP contribution in [0.4, 0.5) is 5.95 Å². The summed E-state index contributed by atoms with van der Waals surface area (Å²) in [6.07, 6.45) is 6.26. The summed E-state index contributed by atoms with van der Waals surface area (Å²) in [5.74, 6) is 2.32. The van der Waals surface area contributed by atoms with Crippen molar-refractivity contribution in [3.05, 3.63) is 71.3 Å². The van der Waals surface area contributed by atoms with E-state index in [0.29, 0.717) is 24.6 Å². The summed E-state index contributed by atoms with van der Waals surface area (Å²) in [5, 5.41) is 7.85. The number of carbonyl (C=O) groups is 1. The van der Waals surface area contributed by atoms with Crippen molar-refractivity contribution >= 4 is 11.7 Å². The number of furan rings is 1. The maximum atomic E-state index is 13.1. The van der Waals surface area contributed by atoms with Gasteiger partial charge in [-0.3, -0.25) is 9.78 Å². The van der Waals surface area contributed by atoms with E-state index in [-0.39, 0.29) is 17.7 Å². The van der Waals surface area contributed by atoms with Crippen LogP contribution in [0.5, 0.6) is 0 Å². The van der Waals surface area contributed by atoms with Crippen molar-refractivity contribution in [2.24, 2.45) is 0 Å². The maximum absolute atomic E-state index is 13.1. The van der Waals surface area contributed by atoms with Gasteiger partial charge in [0, 0.05) is 36.0 Å². The lowest BCUT2D eigenvalue weighted by Crippen LogP contribution is -2.33. The van der Waals surface area contributed by atoms with Gasteiger partial charge in [-0.2, -0.15) is 10.1 Å². The third-order valence-corrected chi connectivity index (χ3v) is 4.99. The van der Waals surface area contributed by atoms with Crippen LogP contribution in [0.1, 0.15) is 41.9 Å². The van der Waals surface area contributed by atoms with E-state index in [9.17, 15) is 4.79 Å². The van der Waals surface area contributed by atoms with E-state index >= 15 is 0 Å². The second kappa shape index (κ2) is 5.66. The smallest absolute Gasteiger partial charge is 0.226 e. The van der Waals surface area contributed by atoms with Crippen LogP contribution in [0.15, 0.2) is 58.6 Å². The number of aryl methyl sites for hydroxylation is 1. The Morgan fingerprint density at radius 2 is 2.08 bits per heavy atom. The molecule has 0 spiro atoms. The van der Waals surface area contributed by atoms with Gasteiger partial charge in [-0.15, -0.1) is 0 Å². The van der Waals surface area contributed by atoms with E-state index in [1.165, 1.54) is 0 Å². The Hall–Kier alpha value is -3.22. The number of pyridine rings is 1. The number of carbonyl (C=O) groups excluding carboxylic acids is 1. The normalized spacial score (nSPS) is 22.0. The van der Waals surface area contributed by atoms with Crippen LogP contribution < -0.4 is 5.32 Å². The summed E-state index contributed by atoms with van der Waals surface area (Å²) in [4.78, 5) is 21.7. The fourth-order valence-corrected chi connectivity index (χ4v) is 3.90. The summed E-state index contributed by atoms with van der Waals surface area (Å²) >= 11 is 0. The third-order valence-electron chi connectivity index (χ3n) is 4.99. The molecule has 0 saturated heterocycles. The number of rotatable bonds is 2. The van der Waals surface area contributed by atoms with E-state index in [4.69, 9.17) is 4.42 Å². The SMILES string of the molecule is Cc1nc2n(n1)C(c1ccncc1)C1=C(CC(c3ccco3)CC1=O)N2.